The molecule has 10 nitrogen and oxygen atoms in total. The van der Waals surface area contributed by atoms with E-state index < -0.39 is 71.5 Å². The van der Waals surface area contributed by atoms with E-state index in [0.717, 1.165) is 0 Å². The number of hydrogen-bond donors (Lipinski definition) is 3. The summed E-state index contributed by atoms with van der Waals surface area (Å²) in [4.78, 5) is 66.2. The molecular formula is C27H43F3N4O6. The fourth-order valence-electron chi connectivity index (χ4n) is 5.29. The number of ether oxygens (including phenoxy) is 1. The zero-order valence-corrected chi connectivity index (χ0v) is 24.7. The van der Waals surface area contributed by atoms with Crippen molar-refractivity contribution in [3.63, 3.8) is 0 Å². The minimum atomic E-state index is -4.70. The second-order valence-corrected chi connectivity index (χ2v) is 13.3. The number of piperidine rings is 1. The molecule has 0 aromatic carbocycles. The molecule has 5 atom stereocenters. The van der Waals surface area contributed by atoms with Crippen LogP contribution in [0.1, 0.15) is 75.2 Å². The molecule has 2 fully saturated rings. The first kappa shape index (κ1) is 33.3. The molecule has 0 bridgehead atoms. The molecule has 1 aliphatic carbocycles. The summed E-state index contributed by atoms with van der Waals surface area (Å²) in [5, 5.41) is 6.71. The lowest BCUT2D eigenvalue weighted by atomic mass is 9.85. The lowest BCUT2D eigenvalue weighted by Crippen LogP contribution is -2.60. The number of Topliss-reactive ketones (excluding diaryl/α,β-unsaturated/α-hetero) is 1. The zero-order chi connectivity index (χ0) is 31.0. The van der Waals surface area contributed by atoms with E-state index >= 15 is 0 Å². The van der Waals surface area contributed by atoms with Crippen molar-refractivity contribution < 1.29 is 41.9 Å². The molecule has 13 heteroatoms. The van der Waals surface area contributed by atoms with Crippen molar-refractivity contribution in [3.8, 4) is 0 Å². The summed E-state index contributed by atoms with van der Waals surface area (Å²) in [6, 6.07) is -3.40. The summed E-state index contributed by atoms with van der Waals surface area (Å²) in [6.45, 7) is 14.5. The van der Waals surface area contributed by atoms with E-state index in [2.05, 4.69) is 10.6 Å². The van der Waals surface area contributed by atoms with Crippen LogP contribution < -0.4 is 16.0 Å². The molecule has 0 spiro atoms. The van der Waals surface area contributed by atoms with E-state index in [1.54, 1.807) is 53.8 Å². The normalized spacial score (nSPS) is 23.4. The molecule has 0 radical (unpaired) electrons. The van der Waals surface area contributed by atoms with Crippen molar-refractivity contribution in [2.45, 2.75) is 105 Å². The van der Waals surface area contributed by atoms with E-state index in [9.17, 15) is 37.1 Å². The number of amides is 4. The van der Waals surface area contributed by atoms with Crippen molar-refractivity contribution in [1.82, 2.24) is 20.9 Å². The van der Waals surface area contributed by atoms with Crippen molar-refractivity contribution >= 4 is 29.6 Å². The Bertz CT molecular complexity index is 1020. The average Bonchev–Trinajstić information content (AvgIpc) is 3.12. The van der Waals surface area contributed by atoms with Gasteiger partial charge < -0.3 is 25.6 Å². The van der Waals surface area contributed by atoms with Gasteiger partial charge >= 0.3 is 12.3 Å². The van der Waals surface area contributed by atoms with Crippen LogP contribution in [0.3, 0.4) is 0 Å². The Labute approximate surface area is 233 Å². The molecular weight excluding hydrogens is 533 g/mol. The maximum absolute atomic E-state index is 13.9. The van der Waals surface area contributed by atoms with Crippen LogP contribution in [0.4, 0.5) is 18.0 Å². The lowest BCUT2D eigenvalue weighted by Gasteiger charge is -2.38. The van der Waals surface area contributed by atoms with Gasteiger partial charge in [-0.25, -0.2) is 4.79 Å². The number of halogens is 3. The van der Waals surface area contributed by atoms with Crippen LogP contribution in [0.25, 0.3) is 0 Å². The Morgan fingerprint density at radius 3 is 2.05 bits per heavy atom. The van der Waals surface area contributed by atoms with E-state index in [-0.39, 0.29) is 30.2 Å². The summed E-state index contributed by atoms with van der Waals surface area (Å²) in [5.41, 5.74) is -1.83. The summed E-state index contributed by atoms with van der Waals surface area (Å²) in [6.07, 6.45) is -5.11. The third kappa shape index (κ3) is 8.09. The first-order valence-electron chi connectivity index (χ1n) is 13.5. The number of fused-ring (bicyclic) bond motifs is 1. The Balaban J connectivity index is 2.29. The molecule has 2 aliphatic rings. The maximum atomic E-state index is 13.9. The molecule has 1 heterocycles. The Hall–Kier alpha value is -2.86. The number of likely N-dealkylation sites (tertiary alicyclic amines) is 1. The highest BCUT2D eigenvalue weighted by Crippen LogP contribution is 2.65. The first-order chi connectivity index (χ1) is 18.0. The van der Waals surface area contributed by atoms with Crippen LogP contribution in [0.15, 0.2) is 0 Å². The van der Waals surface area contributed by atoms with Crippen molar-refractivity contribution in [2.75, 3.05) is 13.1 Å². The van der Waals surface area contributed by atoms with Gasteiger partial charge in [0.15, 0.2) is 0 Å². The minimum Gasteiger partial charge on any atom is -0.444 e. The van der Waals surface area contributed by atoms with E-state index in [4.69, 9.17) is 4.74 Å². The lowest BCUT2D eigenvalue weighted by molar-refractivity contribution is -0.148. The zero-order valence-electron chi connectivity index (χ0n) is 24.7. The summed E-state index contributed by atoms with van der Waals surface area (Å²) in [7, 11) is 0. The summed E-state index contributed by atoms with van der Waals surface area (Å²) in [5.74, 6) is -4.06. The monoisotopic (exact) mass is 576 g/mol. The highest BCUT2D eigenvalue weighted by atomic mass is 19.4. The predicted octanol–water partition coefficient (Wildman–Crippen LogP) is 2.94. The second kappa shape index (κ2) is 11.6. The summed E-state index contributed by atoms with van der Waals surface area (Å²) < 4.78 is 42.9. The number of nitrogens with one attached hydrogen (secondary N) is 3. The van der Waals surface area contributed by atoms with Gasteiger partial charge in [0, 0.05) is 6.54 Å². The van der Waals surface area contributed by atoms with Gasteiger partial charge in [-0.15, -0.1) is 0 Å². The van der Waals surface area contributed by atoms with E-state index in [1.165, 1.54) is 4.90 Å². The Morgan fingerprint density at radius 1 is 1.00 bits per heavy atom. The van der Waals surface area contributed by atoms with Gasteiger partial charge in [-0.3, -0.25) is 19.2 Å². The third-order valence-electron chi connectivity index (χ3n) is 7.42. The van der Waals surface area contributed by atoms with E-state index in [0.29, 0.717) is 6.42 Å². The number of alkyl carbamates (subject to hydrolysis) is 1. The van der Waals surface area contributed by atoms with Crippen LogP contribution in [-0.2, 0) is 23.9 Å². The average molecular weight is 577 g/mol. The molecule has 4 amide bonds. The predicted molar refractivity (Wildman–Crippen MR) is 140 cm³/mol. The highest BCUT2D eigenvalue weighted by Gasteiger charge is 2.70. The van der Waals surface area contributed by atoms with Crippen LogP contribution in [0.5, 0.6) is 0 Å². The number of rotatable bonds is 9. The Kier molecular flexibility index (Phi) is 9.63. The fraction of sp³-hybridized carbons (Fsp3) is 0.815. The number of ketones is 1. The molecule has 2 rings (SSSR count). The van der Waals surface area contributed by atoms with Crippen LogP contribution in [-0.4, -0.2) is 77.5 Å². The highest BCUT2D eigenvalue weighted by molar-refractivity contribution is 6.38. The number of hydrogen-bond acceptors (Lipinski definition) is 6. The minimum absolute atomic E-state index is 0.00949. The molecule has 1 aliphatic heterocycles. The Morgan fingerprint density at radius 2 is 1.57 bits per heavy atom. The quantitative estimate of drug-likeness (QED) is 0.362. The maximum Gasteiger partial charge on any atom is 0.408 e. The molecule has 1 saturated carbocycles. The van der Waals surface area contributed by atoms with Gasteiger partial charge in [0.1, 0.15) is 24.2 Å². The smallest absolute Gasteiger partial charge is 0.408 e. The number of nitrogens with zero attached hydrogens (tertiary/aromatic N) is 1. The molecule has 228 valence electrons. The van der Waals surface area contributed by atoms with E-state index in [1.807, 2.05) is 13.8 Å². The number of carbonyl (C=O) groups excluding carboxylic acids is 5. The van der Waals surface area contributed by atoms with Crippen LogP contribution in [0.2, 0.25) is 0 Å². The first-order valence-corrected chi connectivity index (χ1v) is 13.5. The van der Waals surface area contributed by atoms with Crippen LogP contribution >= 0.6 is 0 Å². The summed E-state index contributed by atoms with van der Waals surface area (Å²) >= 11 is 0. The largest absolute Gasteiger partial charge is 0.444 e. The van der Waals surface area contributed by atoms with Gasteiger partial charge in [-0.2, -0.15) is 13.2 Å². The van der Waals surface area contributed by atoms with Crippen molar-refractivity contribution in [2.24, 2.45) is 22.7 Å². The molecule has 0 aromatic rings. The van der Waals surface area contributed by atoms with Gasteiger partial charge in [0.2, 0.25) is 17.6 Å². The topological polar surface area (TPSA) is 134 Å². The van der Waals surface area contributed by atoms with Crippen molar-refractivity contribution in [3.05, 3.63) is 0 Å². The number of carbonyl (C=O) groups is 5. The van der Waals surface area contributed by atoms with Gasteiger partial charge in [0.05, 0.1) is 6.04 Å². The van der Waals surface area contributed by atoms with Gasteiger partial charge in [0.25, 0.3) is 5.91 Å². The molecule has 40 heavy (non-hydrogen) atoms. The van der Waals surface area contributed by atoms with Crippen LogP contribution in [0, 0.1) is 22.7 Å². The SMILES string of the molecule is CCCC(NC(=O)[C@@H]1[C@@H]2[C@H](CN1C(=O)C(NC(=O)OC(C)(C)C)C(C)(C)C)C2(C)C)C(=O)C(=O)NCC(F)(F)F. The second-order valence-electron chi connectivity index (χ2n) is 13.3. The molecule has 3 N–H and O–H groups in total. The van der Waals surface area contributed by atoms with Crippen molar-refractivity contribution in [1.29, 1.82) is 0 Å². The van der Waals surface area contributed by atoms with Gasteiger partial charge in [-0.05, 0) is 49.9 Å². The number of alkyl halides is 3. The molecule has 1 saturated heterocycles. The molecule has 2 unspecified atom stereocenters. The standard InChI is InChI=1S/C27H43F3N4O6/c1-10-11-15(18(35)21(37)31-13-27(28,29)30)32-20(36)17-16-14(26(16,8)9)12-34(17)22(38)19(24(2,3)4)33-23(39)40-25(5,6)7/h14-17,19H,10-13H2,1-9H3,(H,31,37)(H,32,36)(H,33,39)/t14-,15?,16-,17-,19?/m0/s1. The third-order valence-corrected chi connectivity index (χ3v) is 7.42. The fourth-order valence-corrected chi connectivity index (χ4v) is 5.29. The van der Waals surface area contributed by atoms with Gasteiger partial charge in [-0.1, -0.05) is 48.0 Å². The molecule has 0 aromatic heterocycles.